The number of hydrogen-bond donors (Lipinski definition) is 1. The summed E-state index contributed by atoms with van der Waals surface area (Å²) in [6.07, 6.45) is 5.01. The third-order valence-electron chi connectivity index (χ3n) is 4.47. The van der Waals surface area contributed by atoms with Gasteiger partial charge in [0, 0.05) is 13.1 Å². The number of benzene rings is 1. The number of aromatic nitrogens is 2. The van der Waals surface area contributed by atoms with Gasteiger partial charge in [-0.15, -0.1) is 12.4 Å². The van der Waals surface area contributed by atoms with Crippen LogP contribution in [-0.2, 0) is 10.0 Å². The lowest BCUT2D eigenvalue weighted by atomic mass is 10.00. The number of nitrogens with zero attached hydrogens (tertiary/aromatic N) is 3. The molecule has 1 fully saturated rings. The number of sulfonamides is 1. The zero-order chi connectivity index (χ0) is 17.2. The maximum absolute atomic E-state index is 12.9. The second-order valence-electron chi connectivity index (χ2n) is 6.39. The molecule has 1 aromatic heterocycles. The highest BCUT2D eigenvalue weighted by molar-refractivity contribution is 7.89. The highest BCUT2D eigenvalue weighted by Crippen LogP contribution is 2.23. The second kappa shape index (κ2) is 8.31. The van der Waals surface area contributed by atoms with Gasteiger partial charge in [0.25, 0.3) is 0 Å². The lowest BCUT2D eigenvalue weighted by Gasteiger charge is -2.31. The summed E-state index contributed by atoms with van der Waals surface area (Å²) in [5.74, 6) is 0.366. The Morgan fingerprint density at radius 2 is 2.00 bits per heavy atom. The normalized spacial score (nSPS) is 18.7. The van der Waals surface area contributed by atoms with E-state index in [4.69, 9.17) is 0 Å². The van der Waals surface area contributed by atoms with E-state index in [1.165, 1.54) is 6.20 Å². The molecule has 2 heterocycles. The number of halogens is 1. The van der Waals surface area contributed by atoms with Gasteiger partial charge in [-0.1, -0.05) is 17.7 Å². The zero-order valence-corrected chi connectivity index (χ0v) is 16.2. The van der Waals surface area contributed by atoms with Crippen molar-refractivity contribution in [1.82, 2.24) is 19.4 Å². The van der Waals surface area contributed by atoms with E-state index in [0.717, 1.165) is 30.6 Å². The van der Waals surface area contributed by atoms with Gasteiger partial charge in [0.15, 0.2) is 0 Å². The van der Waals surface area contributed by atoms with Crippen molar-refractivity contribution in [2.75, 3.05) is 26.7 Å². The second-order valence-corrected chi connectivity index (χ2v) is 8.32. The third kappa shape index (κ3) is 4.41. The third-order valence-corrected chi connectivity index (χ3v) is 6.29. The molecular weight excluding hydrogens is 360 g/mol. The lowest BCUT2D eigenvalue weighted by molar-refractivity contribution is 0.263. The summed E-state index contributed by atoms with van der Waals surface area (Å²) in [6.45, 7) is 4.01. The molecule has 1 N–H and O–H groups in total. The van der Waals surface area contributed by atoms with Gasteiger partial charge in [0.2, 0.25) is 10.0 Å². The van der Waals surface area contributed by atoms with Crippen LogP contribution in [-0.4, -0.2) is 49.2 Å². The predicted molar refractivity (Wildman–Crippen MR) is 101 cm³/mol. The Labute approximate surface area is 155 Å². The van der Waals surface area contributed by atoms with Crippen molar-refractivity contribution in [3.05, 3.63) is 42.2 Å². The molecule has 0 radical (unpaired) electrons. The Bertz CT molecular complexity index is 787. The van der Waals surface area contributed by atoms with E-state index in [0.29, 0.717) is 19.0 Å². The summed E-state index contributed by atoms with van der Waals surface area (Å²) in [5, 5.41) is 7.37. The smallest absolute Gasteiger partial charge is 0.246 e. The fourth-order valence-corrected chi connectivity index (χ4v) is 4.62. The number of aryl methyl sites for hydroxylation is 1. The monoisotopic (exact) mass is 384 g/mol. The highest BCUT2D eigenvalue weighted by atomic mass is 35.5. The first-order valence-corrected chi connectivity index (χ1v) is 9.71. The summed E-state index contributed by atoms with van der Waals surface area (Å²) in [6, 6.07) is 7.83. The van der Waals surface area contributed by atoms with Gasteiger partial charge in [-0.05, 0) is 51.4 Å². The average Bonchev–Trinajstić information content (AvgIpc) is 3.07. The van der Waals surface area contributed by atoms with E-state index in [1.54, 1.807) is 15.2 Å². The van der Waals surface area contributed by atoms with Crippen LogP contribution in [0.2, 0.25) is 0 Å². The minimum absolute atomic E-state index is 0. The molecule has 1 aromatic carbocycles. The fraction of sp³-hybridized carbons (Fsp3) is 0.471. The van der Waals surface area contributed by atoms with Crippen LogP contribution in [0.3, 0.4) is 0 Å². The molecular formula is C17H25ClN4O2S. The van der Waals surface area contributed by atoms with Crippen LogP contribution in [0.15, 0.2) is 41.6 Å². The molecule has 1 atom stereocenters. The largest absolute Gasteiger partial charge is 0.319 e. The molecule has 8 heteroatoms. The first-order chi connectivity index (χ1) is 11.5. The summed E-state index contributed by atoms with van der Waals surface area (Å²) in [7, 11) is -1.58. The summed E-state index contributed by atoms with van der Waals surface area (Å²) < 4.78 is 29.0. The number of nitrogens with one attached hydrogen (secondary N) is 1. The molecule has 138 valence electrons. The van der Waals surface area contributed by atoms with Crippen LogP contribution < -0.4 is 5.32 Å². The van der Waals surface area contributed by atoms with Crippen molar-refractivity contribution < 1.29 is 8.42 Å². The zero-order valence-electron chi connectivity index (χ0n) is 14.6. The quantitative estimate of drug-likeness (QED) is 0.858. The van der Waals surface area contributed by atoms with Crippen LogP contribution >= 0.6 is 12.4 Å². The Hall–Kier alpha value is -1.41. The summed E-state index contributed by atoms with van der Waals surface area (Å²) >= 11 is 0. The molecule has 1 saturated heterocycles. The van der Waals surface area contributed by atoms with Gasteiger partial charge in [-0.3, -0.25) is 0 Å². The average molecular weight is 385 g/mol. The molecule has 6 nitrogen and oxygen atoms in total. The molecule has 1 aliphatic heterocycles. The molecule has 0 bridgehead atoms. The first-order valence-electron chi connectivity index (χ1n) is 8.27. The van der Waals surface area contributed by atoms with Crippen molar-refractivity contribution in [3.63, 3.8) is 0 Å². The van der Waals surface area contributed by atoms with Gasteiger partial charge in [0.1, 0.15) is 4.90 Å². The Kier molecular flexibility index (Phi) is 6.62. The fourth-order valence-electron chi connectivity index (χ4n) is 3.13. The van der Waals surface area contributed by atoms with E-state index in [1.807, 2.05) is 38.2 Å². The van der Waals surface area contributed by atoms with Crippen molar-refractivity contribution in [3.8, 4) is 5.69 Å². The van der Waals surface area contributed by atoms with Crippen molar-refractivity contribution in [2.24, 2.45) is 5.92 Å². The SMILES string of the molecule is CNCC1CCCN(S(=O)(=O)c2cnn(-c3ccc(C)cc3)c2)C1.Cl. The van der Waals surface area contributed by atoms with Gasteiger partial charge in [0.05, 0.1) is 18.1 Å². The van der Waals surface area contributed by atoms with Crippen molar-refractivity contribution in [2.45, 2.75) is 24.7 Å². The van der Waals surface area contributed by atoms with E-state index >= 15 is 0 Å². The van der Waals surface area contributed by atoms with Crippen molar-refractivity contribution >= 4 is 22.4 Å². The summed E-state index contributed by atoms with van der Waals surface area (Å²) in [5.41, 5.74) is 2.01. The van der Waals surface area contributed by atoms with E-state index in [9.17, 15) is 8.42 Å². The van der Waals surface area contributed by atoms with Gasteiger partial charge in [-0.2, -0.15) is 9.40 Å². The Morgan fingerprint density at radius 1 is 1.28 bits per heavy atom. The molecule has 1 unspecified atom stereocenters. The minimum Gasteiger partial charge on any atom is -0.319 e. The van der Waals surface area contributed by atoms with Gasteiger partial charge in [-0.25, -0.2) is 13.1 Å². The molecule has 3 rings (SSSR count). The van der Waals surface area contributed by atoms with Crippen LogP contribution in [0.1, 0.15) is 18.4 Å². The van der Waals surface area contributed by atoms with Gasteiger partial charge >= 0.3 is 0 Å². The molecule has 2 aromatic rings. The number of rotatable bonds is 5. The van der Waals surface area contributed by atoms with Crippen LogP contribution in [0.25, 0.3) is 5.69 Å². The van der Waals surface area contributed by atoms with Crippen LogP contribution in [0, 0.1) is 12.8 Å². The topological polar surface area (TPSA) is 67.2 Å². The molecule has 0 amide bonds. The minimum atomic E-state index is -3.49. The van der Waals surface area contributed by atoms with E-state index in [2.05, 4.69) is 10.4 Å². The Balaban J connectivity index is 0.00000225. The highest BCUT2D eigenvalue weighted by Gasteiger charge is 2.31. The van der Waals surface area contributed by atoms with Crippen LogP contribution in [0.5, 0.6) is 0 Å². The molecule has 25 heavy (non-hydrogen) atoms. The molecule has 0 saturated carbocycles. The molecule has 1 aliphatic rings. The van der Waals surface area contributed by atoms with E-state index < -0.39 is 10.0 Å². The maximum atomic E-state index is 12.9. The number of piperidine rings is 1. The predicted octanol–water partition coefficient (Wildman–Crippen LogP) is 2.22. The maximum Gasteiger partial charge on any atom is 0.246 e. The van der Waals surface area contributed by atoms with Gasteiger partial charge < -0.3 is 5.32 Å². The lowest BCUT2D eigenvalue weighted by Crippen LogP contribution is -2.42. The number of hydrogen-bond acceptors (Lipinski definition) is 4. The Morgan fingerprint density at radius 3 is 2.68 bits per heavy atom. The molecule has 0 aliphatic carbocycles. The standard InChI is InChI=1S/C17H24N4O2S.ClH/c1-14-5-7-16(8-6-14)21-13-17(11-19-21)24(22,23)20-9-3-4-15(12-20)10-18-2;/h5-8,11,13,15,18H,3-4,9-10,12H2,1-2H3;1H. The molecule has 0 spiro atoms. The first kappa shape index (κ1) is 19.9. The van der Waals surface area contributed by atoms with Crippen molar-refractivity contribution in [1.29, 1.82) is 0 Å². The van der Waals surface area contributed by atoms with Crippen LogP contribution in [0.4, 0.5) is 0 Å². The van der Waals surface area contributed by atoms with E-state index in [-0.39, 0.29) is 17.3 Å². The summed E-state index contributed by atoms with van der Waals surface area (Å²) in [4.78, 5) is 0.258.